The highest BCUT2D eigenvalue weighted by atomic mass is 127. The number of halogens is 1. The molecule has 3 N–H and O–H groups in total. The van der Waals surface area contributed by atoms with Crippen molar-refractivity contribution in [2.24, 2.45) is 10.7 Å². The number of hydrogen-bond acceptors (Lipinski definition) is 2. The second-order valence-electron chi connectivity index (χ2n) is 5.10. The van der Waals surface area contributed by atoms with Gasteiger partial charge in [0, 0.05) is 18.2 Å². The summed E-state index contributed by atoms with van der Waals surface area (Å²) in [6.45, 7) is 2.84. The summed E-state index contributed by atoms with van der Waals surface area (Å²) in [4.78, 5) is 4.46. The van der Waals surface area contributed by atoms with Gasteiger partial charge in [-0.1, -0.05) is 37.3 Å². The van der Waals surface area contributed by atoms with E-state index in [1.165, 1.54) is 5.56 Å². The first-order chi connectivity index (χ1) is 10.7. The fourth-order valence-corrected chi connectivity index (χ4v) is 2.27. The molecule has 0 fully saturated rings. The molecule has 0 radical (unpaired) electrons. The number of methoxy groups -OCH3 is 1. The van der Waals surface area contributed by atoms with Crippen LogP contribution in [0.25, 0.3) is 0 Å². The predicted molar refractivity (Wildman–Crippen MR) is 108 cm³/mol. The Bertz CT molecular complexity index is 599. The smallest absolute Gasteiger partial charge is 0.193 e. The molecule has 5 heteroatoms. The number of rotatable bonds is 6. The lowest BCUT2D eigenvalue weighted by Crippen LogP contribution is -2.23. The first-order valence-electron chi connectivity index (χ1n) is 7.49. The number of ether oxygens (including phenoxy) is 1. The molecule has 0 saturated carbocycles. The van der Waals surface area contributed by atoms with Crippen LogP contribution in [0, 0.1) is 0 Å². The summed E-state index contributed by atoms with van der Waals surface area (Å²) in [5, 5.41) is 3.10. The van der Waals surface area contributed by atoms with Gasteiger partial charge in [0.2, 0.25) is 0 Å². The van der Waals surface area contributed by atoms with Crippen molar-refractivity contribution < 1.29 is 4.74 Å². The highest BCUT2D eigenvalue weighted by Crippen LogP contribution is 2.19. The van der Waals surface area contributed by atoms with Crippen LogP contribution >= 0.6 is 24.0 Å². The number of nitrogens with zero attached hydrogens (tertiary/aromatic N) is 1. The number of benzene rings is 2. The van der Waals surface area contributed by atoms with E-state index in [2.05, 4.69) is 41.5 Å². The van der Waals surface area contributed by atoms with E-state index in [1.54, 1.807) is 7.11 Å². The third-order valence-electron chi connectivity index (χ3n) is 3.61. The molecule has 0 amide bonds. The average molecular weight is 425 g/mol. The third kappa shape index (κ3) is 6.09. The van der Waals surface area contributed by atoms with Crippen molar-refractivity contribution in [2.45, 2.75) is 19.3 Å². The zero-order valence-electron chi connectivity index (χ0n) is 13.5. The van der Waals surface area contributed by atoms with Gasteiger partial charge in [-0.2, -0.15) is 0 Å². The monoisotopic (exact) mass is 425 g/mol. The van der Waals surface area contributed by atoms with E-state index in [-0.39, 0.29) is 24.0 Å². The van der Waals surface area contributed by atoms with Crippen LogP contribution in [0.4, 0.5) is 5.69 Å². The molecule has 2 aromatic rings. The lowest BCUT2D eigenvalue weighted by molar-refractivity contribution is 0.415. The molecule has 2 aromatic carbocycles. The molecule has 0 heterocycles. The van der Waals surface area contributed by atoms with Crippen LogP contribution in [0.2, 0.25) is 0 Å². The fraction of sp³-hybridized carbons (Fsp3) is 0.278. The normalized spacial score (nSPS) is 12.2. The molecule has 0 aromatic heterocycles. The Labute approximate surface area is 155 Å². The Morgan fingerprint density at radius 1 is 1.13 bits per heavy atom. The highest BCUT2D eigenvalue weighted by Gasteiger charge is 2.08. The molecule has 1 atom stereocenters. The Morgan fingerprint density at radius 3 is 2.35 bits per heavy atom. The Hall–Kier alpha value is -1.76. The van der Waals surface area contributed by atoms with E-state index in [9.17, 15) is 0 Å². The average Bonchev–Trinajstić information content (AvgIpc) is 2.57. The summed E-state index contributed by atoms with van der Waals surface area (Å²) in [6, 6.07) is 18.0. The molecule has 23 heavy (non-hydrogen) atoms. The largest absolute Gasteiger partial charge is 0.497 e. The quantitative estimate of drug-likeness (QED) is 0.414. The number of aliphatic imine (C=N–C) groups is 1. The van der Waals surface area contributed by atoms with Crippen LogP contribution in [0.5, 0.6) is 5.75 Å². The summed E-state index contributed by atoms with van der Waals surface area (Å²) >= 11 is 0. The number of anilines is 1. The zero-order chi connectivity index (χ0) is 15.8. The molecule has 124 valence electrons. The van der Waals surface area contributed by atoms with E-state index in [0.29, 0.717) is 18.4 Å². The minimum atomic E-state index is 0. The van der Waals surface area contributed by atoms with Crippen LogP contribution in [0.1, 0.15) is 24.8 Å². The van der Waals surface area contributed by atoms with Crippen molar-refractivity contribution in [3.63, 3.8) is 0 Å². The zero-order valence-corrected chi connectivity index (χ0v) is 15.9. The molecule has 0 aliphatic rings. The maximum Gasteiger partial charge on any atom is 0.193 e. The lowest BCUT2D eigenvalue weighted by Gasteiger charge is -2.13. The van der Waals surface area contributed by atoms with Crippen LogP contribution in [0.15, 0.2) is 59.6 Å². The second-order valence-corrected chi connectivity index (χ2v) is 5.10. The van der Waals surface area contributed by atoms with Gasteiger partial charge in [-0.3, -0.25) is 4.99 Å². The van der Waals surface area contributed by atoms with Crippen LogP contribution < -0.4 is 15.8 Å². The molecular weight excluding hydrogens is 401 g/mol. The van der Waals surface area contributed by atoms with Crippen molar-refractivity contribution in [2.75, 3.05) is 19.0 Å². The SMILES string of the molecule is CCC(CN=C(N)Nc1ccc(OC)cc1)c1ccccc1.I. The van der Waals surface area contributed by atoms with Gasteiger partial charge in [0.25, 0.3) is 0 Å². The topological polar surface area (TPSA) is 59.6 Å². The highest BCUT2D eigenvalue weighted by molar-refractivity contribution is 14.0. The molecule has 4 nitrogen and oxygen atoms in total. The van der Waals surface area contributed by atoms with Gasteiger partial charge in [-0.25, -0.2) is 0 Å². The van der Waals surface area contributed by atoms with Gasteiger partial charge in [0.05, 0.1) is 7.11 Å². The maximum atomic E-state index is 5.96. The summed E-state index contributed by atoms with van der Waals surface area (Å²) in [5.74, 6) is 1.63. The van der Waals surface area contributed by atoms with E-state index in [1.807, 2.05) is 30.3 Å². The minimum absolute atomic E-state index is 0. The Morgan fingerprint density at radius 2 is 1.78 bits per heavy atom. The number of nitrogens with one attached hydrogen (secondary N) is 1. The summed E-state index contributed by atoms with van der Waals surface area (Å²) in [6.07, 6.45) is 1.03. The van der Waals surface area contributed by atoms with E-state index in [4.69, 9.17) is 10.5 Å². The molecular formula is C18H24IN3O. The van der Waals surface area contributed by atoms with Gasteiger partial charge in [0.1, 0.15) is 5.75 Å². The summed E-state index contributed by atoms with van der Waals surface area (Å²) < 4.78 is 5.13. The Balaban J connectivity index is 0.00000264. The van der Waals surface area contributed by atoms with Crippen molar-refractivity contribution in [3.8, 4) is 5.75 Å². The van der Waals surface area contributed by atoms with Gasteiger partial charge in [0.15, 0.2) is 5.96 Å². The number of nitrogens with two attached hydrogens (primary N) is 1. The minimum Gasteiger partial charge on any atom is -0.497 e. The van der Waals surface area contributed by atoms with Crippen molar-refractivity contribution in [3.05, 3.63) is 60.2 Å². The van der Waals surface area contributed by atoms with Crippen molar-refractivity contribution in [1.29, 1.82) is 0 Å². The van der Waals surface area contributed by atoms with Crippen LogP contribution in [-0.2, 0) is 0 Å². The van der Waals surface area contributed by atoms with E-state index < -0.39 is 0 Å². The molecule has 0 aliphatic heterocycles. The van der Waals surface area contributed by atoms with Crippen LogP contribution in [-0.4, -0.2) is 19.6 Å². The van der Waals surface area contributed by atoms with Gasteiger partial charge >= 0.3 is 0 Å². The summed E-state index contributed by atoms with van der Waals surface area (Å²) in [7, 11) is 1.65. The van der Waals surface area contributed by atoms with E-state index >= 15 is 0 Å². The molecule has 0 spiro atoms. The maximum absolute atomic E-state index is 5.96. The molecule has 2 rings (SSSR count). The molecule has 1 unspecified atom stereocenters. The van der Waals surface area contributed by atoms with Crippen LogP contribution in [0.3, 0.4) is 0 Å². The van der Waals surface area contributed by atoms with Crippen molar-refractivity contribution >= 4 is 35.6 Å². The lowest BCUT2D eigenvalue weighted by atomic mass is 9.97. The molecule has 0 aliphatic carbocycles. The predicted octanol–water partition coefficient (Wildman–Crippen LogP) is 4.23. The summed E-state index contributed by atoms with van der Waals surface area (Å²) in [5.41, 5.74) is 8.16. The Kier molecular flexibility index (Phi) is 8.47. The first-order valence-corrected chi connectivity index (χ1v) is 7.49. The number of guanidine groups is 1. The number of hydrogen-bond donors (Lipinski definition) is 2. The fourth-order valence-electron chi connectivity index (χ4n) is 2.27. The standard InChI is InChI=1S/C18H23N3O.HI/c1-3-14(15-7-5-4-6-8-15)13-20-18(19)21-16-9-11-17(22-2)12-10-16;/h4-12,14H,3,13H2,1-2H3,(H3,19,20,21);1H. The first kappa shape index (κ1) is 19.3. The molecule has 0 saturated heterocycles. The van der Waals surface area contributed by atoms with Crippen molar-refractivity contribution in [1.82, 2.24) is 0 Å². The second kappa shape index (κ2) is 10.1. The molecule has 0 bridgehead atoms. The third-order valence-corrected chi connectivity index (χ3v) is 3.61. The van der Waals surface area contributed by atoms with Gasteiger partial charge in [-0.15, -0.1) is 24.0 Å². The van der Waals surface area contributed by atoms with E-state index in [0.717, 1.165) is 17.9 Å². The van der Waals surface area contributed by atoms with Gasteiger partial charge in [-0.05, 0) is 36.2 Å². The van der Waals surface area contributed by atoms with Gasteiger partial charge < -0.3 is 15.8 Å².